The number of ether oxygens (including phenoxy) is 1. The van der Waals surface area contributed by atoms with Gasteiger partial charge in [-0.05, 0) is 30.5 Å². The van der Waals surface area contributed by atoms with E-state index in [0.29, 0.717) is 6.54 Å². The van der Waals surface area contributed by atoms with Crippen LogP contribution in [0.25, 0.3) is 0 Å². The molecule has 0 spiro atoms. The summed E-state index contributed by atoms with van der Waals surface area (Å²) in [5.74, 6) is -0.149. The minimum absolute atomic E-state index is 0.0103. The highest BCUT2D eigenvalue weighted by atomic mass is 32.2. The molecule has 1 unspecified atom stereocenters. The molecule has 1 N–H and O–H groups in total. The Morgan fingerprint density at radius 3 is 2.41 bits per heavy atom. The van der Waals surface area contributed by atoms with Crippen LogP contribution in [0.3, 0.4) is 0 Å². The number of methoxy groups -OCH3 is 1. The van der Waals surface area contributed by atoms with Gasteiger partial charge in [0, 0.05) is 19.4 Å². The normalized spacial score (nSPS) is 16.0. The van der Waals surface area contributed by atoms with Crippen molar-refractivity contribution in [1.29, 1.82) is 0 Å². The lowest BCUT2D eigenvalue weighted by Gasteiger charge is -2.19. The molecule has 2 rings (SSSR count). The van der Waals surface area contributed by atoms with Gasteiger partial charge < -0.3 is 4.74 Å². The lowest BCUT2D eigenvalue weighted by Crippen LogP contribution is -2.31. The number of imide groups is 1. The standard InChI is InChI=1S/C19H28N2O5S/c1-4-6-7-14(5-2)13-20-27(24,25)15-8-9-17(26-3)16(12-15)21-18(22)10-11-19(21)23/h8-9,12,14,20H,4-7,10-11,13H2,1-3H3. The Labute approximate surface area is 161 Å². The van der Waals surface area contributed by atoms with E-state index < -0.39 is 10.0 Å². The second-order valence-corrected chi connectivity index (χ2v) is 8.49. The van der Waals surface area contributed by atoms with Crippen LogP contribution >= 0.6 is 0 Å². The maximum Gasteiger partial charge on any atom is 0.240 e. The molecule has 1 atom stereocenters. The van der Waals surface area contributed by atoms with Crippen LogP contribution in [-0.4, -0.2) is 33.9 Å². The van der Waals surface area contributed by atoms with Crippen molar-refractivity contribution in [2.75, 3.05) is 18.6 Å². The summed E-state index contributed by atoms with van der Waals surface area (Å²) in [6.07, 6.45) is 4.24. The molecule has 27 heavy (non-hydrogen) atoms. The summed E-state index contributed by atoms with van der Waals surface area (Å²) >= 11 is 0. The van der Waals surface area contributed by atoms with Crippen molar-refractivity contribution in [2.45, 2.75) is 57.3 Å². The zero-order valence-corrected chi connectivity index (χ0v) is 17.0. The zero-order valence-electron chi connectivity index (χ0n) is 16.2. The molecule has 1 fully saturated rings. The smallest absolute Gasteiger partial charge is 0.240 e. The van der Waals surface area contributed by atoms with Crippen LogP contribution in [0.2, 0.25) is 0 Å². The van der Waals surface area contributed by atoms with Gasteiger partial charge in [-0.3, -0.25) is 9.59 Å². The molecule has 8 heteroatoms. The highest BCUT2D eigenvalue weighted by molar-refractivity contribution is 7.89. The molecule has 0 aliphatic carbocycles. The van der Waals surface area contributed by atoms with E-state index in [1.54, 1.807) is 0 Å². The molecule has 1 aliphatic heterocycles. The Kier molecular flexibility index (Phi) is 7.38. The Morgan fingerprint density at radius 1 is 1.19 bits per heavy atom. The minimum atomic E-state index is -3.76. The molecule has 0 bridgehead atoms. The Bertz CT molecular complexity index is 775. The third kappa shape index (κ3) is 5.07. The number of nitrogens with one attached hydrogen (secondary N) is 1. The number of anilines is 1. The van der Waals surface area contributed by atoms with E-state index in [2.05, 4.69) is 11.6 Å². The number of carbonyl (C=O) groups is 2. The molecular formula is C19H28N2O5S. The van der Waals surface area contributed by atoms with E-state index in [1.165, 1.54) is 25.3 Å². The lowest BCUT2D eigenvalue weighted by atomic mass is 10.00. The number of sulfonamides is 1. The number of hydrogen-bond donors (Lipinski definition) is 1. The fraction of sp³-hybridized carbons (Fsp3) is 0.579. The molecule has 1 aromatic rings. The number of carbonyl (C=O) groups excluding carboxylic acids is 2. The van der Waals surface area contributed by atoms with Crippen molar-refractivity contribution >= 4 is 27.5 Å². The van der Waals surface area contributed by atoms with Crippen LogP contribution in [0.5, 0.6) is 5.75 Å². The van der Waals surface area contributed by atoms with Crippen molar-refractivity contribution in [1.82, 2.24) is 4.72 Å². The monoisotopic (exact) mass is 396 g/mol. The van der Waals surface area contributed by atoms with E-state index in [9.17, 15) is 18.0 Å². The fourth-order valence-corrected chi connectivity index (χ4v) is 4.25. The predicted octanol–water partition coefficient (Wildman–Crippen LogP) is 2.84. The molecule has 0 aromatic heterocycles. The van der Waals surface area contributed by atoms with E-state index in [4.69, 9.17) is 4.74 Å². The quantitative estimate of drug-likeness (QED) is 0.614. The summed E-state index contributed by atoms with van der Waals surface area (Å²) in [4.78, 5) is 25.1. The lowest BCUT2D eigenvalue weighted by molar-refractivity contribution is -0.121. The molecule has 7 nitrogen and oxygen atoms in total. The predicted molar refractivity (Wildman–Crippen MR) is 103 cm³/mol. The number of nitrogens with zero attached hydrogens (tertiary/aromatic N) is 1. The summed E-state index contributed by atoms with van der Waals surface area (Å²) < 4.78 is 33.3. The number of amides is 2. The Balaban J connectivity index is 2.25. The average Bonchev–Trinajstić information content (AvgIpc) is 2.99. The van der Waals surface area contributed by atoms with Crippen LogP contribution in [-0.2, 0) is 19.6 Å². The van der Waals surface area contributed by atoms with Gasteiger partial charge in [0.1, 0.15) is 5.75 Å². The van der Waals surface area contributed by atoms with E-state index in [0.717, 1.165) is 30.6 Å². The number of rotatable bonds is 10. The third-order valence-electron chi connectivity index (χ3n) is 4.86. The molecule has 1 heterocycles. The van der Waals surface area contributed by atoms with E-state index in [-0.39, 0.29) is 46.9 Å². The topological polar surface area (TPSA) is 92.8 Å². The SMILES string of the molecule is CCCCC(CC)CNS(=O)(=O)c1ccc(OC)c(N2C(=O)CCC2=O)c1. The van der Waals surface area contributed by atoms with Crippen molar-refractivity contribution in [3.63, 3.8) is 0 Å². The van der Waals surface area contributed by atoms with Crippen LogP contribution in [0.4, 0.5) is 5.69 Å². The Hall–Kier alpha value is -1.93. The Morgan fingerprint density at radius 2 is 1.85 bits per heavy atom. The second-order valence-electron chi connectivity index (χ2n) is 6.72. The molecular weight excluding hydrogens is 368 g/mol. The van der Waals surface area contributed by atoms with Gasteiger partial charge >= 0.3 is 0 Å². The van der Waals surface area contributed by atoms with Crippen LogP contribution in [0.1, 0.15) is 52.4 Å². The van der Waals surface area contributed by atoms with Crippen LogP contribution in [0.15, 0.2) is 23.1 Å². The van der Waals surface area contributed by atoms with Gasteiger partial charge in [-0.15, -0.1) is 0 Å². The number of hydrogen-bond acceptors (Lipinski definition) is 5. The van der Waals surface area contributed by atoms with Crippen molar-refractivity contribution < 1.29 is 22.7 Å². The second kappa shape index (κ2) is 9.32. The van der Waals surface area contributed by atoms with Gasteiger partial charge in [-0.25, -0.2) is 18.0 Å². The summed E-state index contributed by atoms with van der Waals surface area (Å²) in [6.45, 7) is 4.52. The number of unbranched alkanes of at least 4 members (excludes halogenated alkanes) is 1. The maximum absolute atomic E-state index is 12.7. The highest BCUT2D eigenvalue weighted by Crippen LogP contribution is 2.34. The van der Waals surface area contributed by atoms with E-state index in [1.807, 2.05) is 6.92 Å². The molecule has 1 saturated heterocycles. The van der Waals surface area contributed by atoms with Crippen molar-refractivity contribution in [3.05, 3.63) is 18.2 Å². The van der Waals surface area contributed by atoms with Gasteiger partial charge in [0.2, 0.25) is 21.8 Å². The molecule has 0 radical (unpaired) electrons. The zero-order chi connectivity index (χ0) is 20.0. The number of benzene rings is 1. The maximum atomic E-state index is 12.7. The first kappa shape index (κ1) is 21.4. The van der Waals surface area contributed by atoms with Crippen molar-refractivity contribution in [3.8, 4) is 5.75 Å². The average molecular weight is 397 g/mol. The van der Waals surface area contributed by atoms with Gasteiger partial charge in [0.15, 0.2) is 0 Å². The largest absolute Gasteiger partial charge is 0.495 e. The first-order valence-corrected chi connectivity index (χ1v) is 10.9. The third-order valence-corrected chi connectivity index (χ3v) is 6.28. The molecule has 1 aliphatic rings. The van der Waals surface area contributed by atoms with Gasteiger partial charge in [0.25, 0.3) is 0 Å². The van der Waals surface area contributed by atoms with Crippen LogP contribution in [0, 0.1) is 5.92 Å². The minimum Gasteiger partial charge on any atom is -0.495 e. The first-order chi connectivity index (χ1) is 12.8. The van der Waals surface area contributed by atoms with Crippen LogP contribution < -0.4 is 14.4 Å². The molecule has 2 amide bonds. The summed E-state index contributed by atoms with van der Waals surface area (Å²) in [7, 11) is -2.34. The molecule has 150 valence electrons. The molecule has 1 aromatic carbocycles. The van der Waals surface area contributed by atoms with Crippen molar-refractivity contribution in [2.24, 2.45) is 5.92 Å². The van der Waals surface area contributed by atoms with E-state index >= 15 is 0 Å². The summed E-state index contributed by atoms with van der Waals surface area (Å²) in [5.41, 5.74) is 0.172. The van der Waals surface area contributed by atoms with Gasteiger partial charge in [-0.1, -0.05) is 33.1 Å². The first-order valence-electron chi connectivity index (χ1n) is 9.37. The van der Waals surface area contributed by atoms with Gasteiger partial charge in [-0.2, -0.15) is 0 Å². The molecule has 0 saturated carbocycles. The van der Waals surface area contributed by atoms with Gasteiger partial charge in [0.05, 0.1) is 17.7 Å². The highest BCUT2D eigenvalue weighted by Gasteiger charge is 2.33. The summed E-state index contributed by atoms with van der Waals surface area (Å²) in [6, 6.07) is 4.22. The summed E-state index contributed by atoms with van der Waals surface area (Å²) in [5, 5.41) is 0. The fourth-order valence-electron chi connectivity index (χ4n) is 3.11.